The van der Waals surface area contributed by atoms with E-state index in [0.717, 1.165) is 12.8 Å². The number of nitrogens with one attached hydrogen (secondary N) is 1. The summed E-state index contributed by atoms with van der Waals surface area (Å²) in [7, 11) is 0. The van der Waals surface area contributed by atoms with Crippen LogP contribution in [0, 0.1) is 11.3 Å². The van der Waals surface area contributed by atoms with Crippen molar-refractivity contribution in [3.63, 3.8) is 0 Å². The zero-order valence-electron chi connectivity index (χ0n) is 13.5. The third kappa shape index (κ3) is 4.10. The Morgan fingerprint density at radius 2 is 1.95 bits per heavy atom. The van der Waals surface area contributed by atoms with E-state index in [1.54, 1.807) is 12.1 Å². The first-order chi connectivity index (χ1) is 10.3. The number of hydrogen-bond donors (Lipinski definition) is 3. The van der Waals surface area contributed by atoms with Crippen LogP contribution in [0.15, 0.2) is 35.9 Å². The van der Waals surface area contributed by atoms with E-state index in [1.807, 2.05) is 13.8 Å². The molecule has 120 valence electrons. The molecular formula is C18H25NO3. The number of carbonyl (C=O) groups excluding carboxylic acids is 1. The number of rotatable bonds is 3. The van der Waals surface area contributed by atoms with Crippen molar-refractivity contribution in [1.82, 2.24) is 0 Å². The number of anilines is 1. The summed E-state index contributed by atoms with van der Waals surface area (Å²) in [5, 5.41) is 22.7. The molecule has 0 saturated heterocycles. The number of phenolic OH excluding ortho intramolecular Hbond substituents is 1. The summed E-state index contributed by atoms with van der Waals surface area (Å²) in [5.41, 5.74) is 1.66. The molecule has 2 rings (SSSR count). The Morgan fingerprint density at radius 3 is 2.59 bits per heavy atom. The van der Waals surface area contributed by atoms with Crippen LogP contribution in [0.25, 0.3) is 0 Å². The van der Waals surface area contributed by atoms with Crippen LogP contribution in [0.3, 0.4) is 0 Å². The van der Waals surface area contributed by atoms with Crippen LogP contribution in [0.2, 0.25) is 0 Å². The van der Waals surface area contributed by atoms with Gasteiger partial charge in [0.25, 0.3) is 0 Å². The number of aliphatic hydroxyl groups is 1. The molecule has 0 radical (unpaired) electrons. The fourth-order valence-electron chi connectivity index (χ4n) is 2.98. The summed E-state index contributed by atoms with van der Waals surface area (Å²) in [4.78, 5) is 12.2. The van der Waals surface area contributed by atoms with E-state index in [2.05, 4.69) is 18.3 Å². The van der Waals surface area contributed by atoms with E-state index in [4.69, 9.17) is 0 Å². The maximum absolute atomic E-state index is 12.2. The zero-order valence-corrected chi connectivity index (χ0v) is 13.5. The van der Waals surface area contributed by atoms with Gasteiger partial charge < -0.3 is 15.5 Å². The van der Waals surface area contributed by atoms with Gasteiger partial charge >= 0.3 is 0 Å². The van der Waals surface area contributed by atoms with Crippen molar-refractivity contribution in [2.24, 2.45) is 11.3 Å². The fraction of sp³-hybridized carbons (Fsp3) is 0.500. The van der Waals surface area contributed by atoms with Gasteiger partial charge in [0, 0.05) is 12.1 Å². The Bertz CT molecular complexity index is 560. The molecular weight excluding hydrogens is 278 g/mol. The number of allylic oxidation sites excluding steroid dienone is 2. The summed E-state index contributed by atoms with van der Waals surface area (Å²) in [6, 6.07) is 6.38. The molecule has 2 atom stereocenters. The molecule has 22 heavy (non-hydrogen) atoms. The maximum Gasteiger partial charge on any atom is 0.224 e. The quantitative estimate of drug-likeness (QED) is 0.591. The lowest BCUT2D eigenvalue weighted by molar-refractivity contribution is -0.118. The highest BCUT2D eigenvalue weighted by Crippen LogP contribution is 2.38. The van der Waals surface area contributed by atoms with Crippen molar-refractivity contribution in [3.05, 3.63) is 35.9 Å². The van der Waals surface area contributed by atoms with Gasteiger partial charge in [-0.25, -0.2) is 0 Å². The zero-order chi connectivity index (χ0) is 16.3. The summed E-state index contributed by atoms with van der Waals surface area (Å²) in [6.07, 6.45) is 3.52. The van der Waals surface area contributed by atoms with Crippen molar-refractivity contribution in [3.8, 4) is 5.75 Å². The molecule has 2 unspecified atom stereocenters. The third-order valence-corrected chi connectivity index (χ3v) is 4.41. The number of aliphatic hydroxyl groups excluding tert-OH is 1. The monoisotopic (exact) mass is 303 g/mol. The highest BCUT2D eigenvalue weighted by atomic mass is 16.3. The lowest BCUT2D eigenvalue weighted by atomic mass is 9.76. The molecule has 0 aromatic heterocycles. The SMILES string of the molecule is CC1=CCC(C)(C)C(O)C(CC(=O)Nc2ccc(O)cc2)C1. The smallest absolute Gasteiger partial charge is 0.224 e. The molecule has 1 aliphatic rings. The fourth-order valence-corrected chi connectivity index (χ4v) is 2.98. The van der Waals surface area contributed by atoms with Crippen LogP contribution in [-0.2, 0) is 4.79 Å². The molecule has 1 aliphatic carbocycles. The lowest BCUT2D eigenvalue weighted by Gasteiger charge is -2.33. The van der Waals surface area contributed by atoms with Crippen LogP contribution in [0.4, 0.5) is 5.69 Å². The van der Waals surface area contributed by atoms with Gasteiger partial charge in [-0.2, -0.15) is 0 Å². The molecule has 1 aromatic carbocycles. The first kappa shape index (κ1) is 16.6. The molecule has 0 fully saturated rings. The second-order valence-electron chi connectivity index (χ2n) is 6.95. The van der Waals surface area contributed by atoms with Crippen LogP contribution < -0.4 is 5.32 Å². The standard InChI is InChI=1S/C18H25NO3/c1-12-8-9-18(2,3)17(22)13(10-12)11-16(21)19-14-4-6-15(20)7-5-14/h4-8,13,17,20,22H,9-11H2,1-3H3,(H,19,21). The van der Waals surface area contributed by atoms with Gasteiger partial charge in [0.15, 0.2) is 0 Å². The second-order valence-corrected chi connectivity index (χ2v) is 6.95. The van der Waals surface area contributed by atoms with Crippen LogP contribution >= 0.6 is 0 Å². The van der Waals surface area contributed by atoms with Crippen LogP contribution in [-0.4, -0.2) is 22.2 Å². The van der Waals surface area contributed by atoms with E-state index in [0.29, 0.717) is 5.69 Å². The topological polar surface area (TPSA) is 69.6 Å². The Balaban J connectivity index is 2.03. The van der Waals surface area contributed by atoms with Gasteiger partial charge in [-0.05, 0) is 55.4 Å². The minimum absolute atomic E-state index is 0.0779. The Labute approximate surface area is 131 Å². The van der Waals surface area contributed by atoms with Gasteiger partial charge in [-0.1, -0.05) is 25.5 Å². The van der Waals surface area contributed by atoms with Gasteiger partial charge in [0.2, 0.25) is 5.91 Å². The normalized spacial score (nSPS) is 24.3. The van der Waals surface area contributed by atoms with E-state index in [9.17, 15) is 15.0 Å². The van der Waals surface area contributed by atoms with Crippen LogP contribution in [0.5, 0.6) is 5.75 Å². The molecule has 3 N–H and O–H groups in total. The predicted molar refractivity (Wildman–Crippen MR) is 87.6 cm³/mol. The number of hydrogen-bond acceptors (Lipinski definition) is 3. The Kier molecular flexibility index (Phi) is 4.91. The first-order valence-electron chi connectivity index (χ1n) is 7.70. The molecule has 0 bridgehead atoms. The highest BCUT2D eigenvalue weighted by Gasteiger charge is 2.36. The van der Waals surface area contributed by atoms with E-state index in [1.165, 1.54) is 17.7 Å². The number of carbonyl (C=O) groups is 1. The summed E-state index contributed by atoms with van der Waals surface area (Å²) in [5.74, 6) is -0.0224. The van der Waals surface area contributed by atoms with Crippen LogP contribution in [0.1, 0.15) is 40.0 Å². The summed E-state index contributed by atoms with van der Waals surface area (Å²) < 4.78 is 0. The van der Waals surface area contributed by atoms with Gasteiger partial charge in [-0.3, -0.25) is 4.79 Å². The molecule has 0 spiro atoms. The molecule has 0 aliphatic heterocycles. The first-order valence-corrected chi connectivity index (χ1v) is 7.70. The van der Waals surface area contributed by atoms with E-state index in [-0.39, 0.29) is 29.4 Å². The van der Waals surface area contributed by atoms with Crippen molar-refractivity contribution in [2.45, 2.75) is 46.1 Å². The van der Waals surface area contributed by atoms with E-state index < -0.39 is 6.10 Å². The largest absolute Gasteiger partial charge is 0.508 e. The van der Waals surface area contributed by atoms with Crippen molar-refractivity contribution in [1.29, 1.82) is 0 Å². The molecule has 0 heterocycles. The third-order valence-electron chi connectivity index (χ3n) is 4.41. The predicted octanol–water partition coefficient (Wildman–Crippen LogP) is 3.46. The molecule has 1 amide bonds. The number of aromatic hydroxyl groups is 1. The van der Waals surface area contributed by atoms with Gasteiger partial charge in [0.05, 0.1) is 6.10 Å². The molecule has 1 aromatic rings. The lowest BCUT2D eigenvalue weighted by Crippen LogP contribution is -2.36. The van der Waals surface area contributed by atoms with Gasteiger partial charge in [-0.15, -0.1) is 0 Å². The number of phenols is 1. The molecule has 4 heteroatoms. The van der Waals surface area contributed by atoms with Crippen molar-refractivity contribution < 1.29 is 15.0 Å². The van der Waals surface area contributed by atoms with Gasteiger partial charge in [0.1, 0.15) is 5.75 Å². The Hall–Kier alpha value is -1.81. The maximum atomic E-state index is 12.2. The second kappa shape index (κ2) is 6.53. The molecule has 0 saturated carbocycles. The summed E-state index contributed by atoms with van der Waals surface area (Å²) >= 11 is 0. The van der Waals surface area contributed by atoms with Crippen molar-refractivity contribution in [2.75, 3.05) is 5.32 Å². The minimum Gasteiger partial charge on any atom is -0.508 e. The van der Waals surface area contributed by atoms with E-state index >= 15 is 0 Å². The Morgan fingerprint density at radius 1 is 1.32 bits per heavy atom. The van der Waals surface area contributed by atoms with Crippen molar-refractivity contribution >= 4 is 11.6 Å². The summed E-state index contributed by atoms with van der Waals surface area (Å²) in [6.45, 7) is 6.13. The molecule has 4 nitrogen and oxygen atoms in total. The average Bonchev–Trinajstić information content (AvgIpc) is 2.54. The average molecular weight is 303 g/mol. The number of amides is 1. The minimum atomic E-state index is -0.508. The highest BCUT2D eigenvalue weighted by molar-refractivity contribution is 5.90. The number of benzene rings is 1.